The van der Waals surface area contributed by atoms with E-state index in [1.807, 2.05) is 13.8 Å². The maximum absolute atomic E-state index is 13.7. The Labute approximate surface area is 112 Å². The maximum Gasteiger partial charge on any atom is 0.220 e. The van der Waals surface area contributed by atoms with Gasteiger partial charge in [0.05, 0.1) is 0 Å². The van der Waals surface area contributed by atoms with E-state index in [-0.39, 0.29) is 23.4 Å². The average Bonchev–Trinajstić information content (AvgIpc) is 2.26. The normalized spacial score (nSPS) is 10.4. The molecule has 0 aliphatic carbocycles. The molecule has 0 aromatic heterocycles. The largest absolute Gasteiger partial charge is 0.389 e. The first kappa shape index (κ1) is 14.6. The predicted molar refractivity (Wildman–Crippen MR) is 73.6 cm³/mol. The van der Waals surface area contributed by atoms with Gasteiger partial charge in [-0.3, -0.25) is 4.79 Å². The SMILES string of the molecule is CC(C)CC(=O)NCc1ccc(C(N)=S)cc1F. The summed E-state index contributed by atoms with van der Waals surface area (Å²) in [6.45, 7) is 4.09. The quantitative estimate of drug-likeness (QED) is 0.804. The van der Waals surface area contributed by atoms with Crippen LogP contribution in [0.3, 0.4) is 0 Å². The Kier molecular flexibility index (Phi) is 5.22. The number of carbonyl (C=O) groups is 1. The van der Waals surface area contributed by atoms with Gasteiger partial charge in [0.15, 0.2) is 0 Å². The second-order valence-electron chi connectivity index (χ2n) is 4.55. The number of halogens is 1. The van der Waals surface area contributed by atoms with Gasteiger partial charge in [0.25, 0.3) is 0 Å². The third kappa shape index (κ3) is 4.41. The Morgan fingerprint density at radius 3 is 2.67 bits per heavy atom. The van der Waals surface area contributed by atoms with E-state index >= 15 is 0 Å². The molecular formula is C13H17FN2OS. The van der Waals surface area contributed by atoms with Crippen molar-refractivity contribution in [2.75, 3.05) is 0 Å². The first-order chi connectivity index (χ1) is 8.40. The van der Waals surface area contributed by atoms with E-state index in [1.54, 1.807) is 12.1 Å². The zero-order valence-corrected chi connectivity index (χ0v) is 11.3. The number of nitrogens with one attached hydrogen (secondary N) is 1. The van der Waals surface area contributed by atoms with Crippen molar-refractivity contribution in [3.63, 3.8) is 0 Å². The van der Waals surface area contributed by atoms with Crippen LogP contribution in [0, 0.1) is 11.7 Å². The highest BCUT2D eigenvalue weighted by atomic mass is 32.1. The summed E-state index contributed by atoms with van der Waals surface area (Å²) >= 11 is 4.76. The average molecular weight is 268 g/mol. The van der Waals surface area contributed by atoms with E-state index in [1.165, 1.54) is 6.07 Å². The summed E-state index contributed by atoms with van der Waals surface area (Å²) in [5, 5.41) is 2.68. The van der Waals surface area contributed by atoms with Crippen LogP contribution in [0.5, 0.6) is 0 Å². The molecule has 1 rings (SSSR count). The van der Waals surface area contributed by atoms with Crippen LogP contribution in [0.15, 0.2) is 18.2 Å². The van der Waals surface area contributed by atoms with Crippen molar-refractivity contribution in [3.05, 3.63) is 35.1 Å². The first-order valence-corrected chi connectivity index (χ1v) is 6.16. The standard InChI is InChI=1S/C13H17FN2OS/c1-8(2)5-12(17)16-7-10-4-3-9(13(15)18)6-11(10)14/h3-4,6,8H,5,7H2,1-2H3,(H2,15,18)(H,16,17). The minimum absolute atomic E-state index is 0.0807. The molecule has 1 aromatic carbocycles. The summed E-state index contributed by atoms with van der Waals surface area (Å²) in [6, 6.07) is 4.51. The Morgan fingerprint density at radius 2 is 2.17 bits per heavy atom. The minimum atomic E-state index is -0.412. The molecule has 0 saturated carbocycles. The zero-order valence-electron chi connectivity index (χ0n) is 10.5. The highest BCUT2D eigenvalue weighted by Gasteiger charge is 2.08. The number of thiocarbonyl (C=S) groups is 1. The number of benzene rings is 1. The van der Waals surface area contributed by atoms with Gasteiger partial charge in [-0.15, -0.1) is 0 Å². The molecule has 0 radical (unpaired) electrons. The molecule has 0 aliphatic heterocycles. The molecule has 0 unspecified atom stereocenters. The van der Waals surface area contributed by atoms with Gasteiger partial charge in [-0.2, -0.15) is 0 Å². The van der Waals surface area contributed by atoms with Crippen LogP contribution in [-0.4, -0.2) is 10.9 Å². The van der Waals surface area contributed by atoms with E-state index in [9.17, 15) is 9.18 Å². The lowest BCUT2D eigenvalue weighted by molar-refractivity contribution is -0.121. The Morgan fingerprint density at radius 1 is 1.50 bits per heavy atom. The monoisotopic (exact) mass is 268 g/mol. The molecule has 5 heteroatoms. The Balaban J connectivity index is 2.63. The summed E-state index contributed by atoms with van der Waals surface area (Å²) in [7, 11) is 0. The minimum Gasteiger partial charge on any atom is -0.389 e. The summed E-state index contributed by atoms with van der Waals surface area (Å²) in [5.74, 6) is -0.209. The number of carbonyl (C=O) groups excluding carboxylic acids is 1. The molecule has 0 spiro atoms. The van der Waals surface area contributed by atoms with Crippen molar-refractivity contribution in [2.24, 2.45) is 11.7 Å². The maximum atomic E-state index is 13.7. The van der Waals surface area contributed by atoms with Crippen molar-refractivity contribution in [1.82, 2.24) is 5.32 Å². The van der Waals surface area contributed by atoms with Gasteiger partial charge in [0, 0.05) is 24.1 Å². The van der Waals surface area contributed by atoms with Gasteiger partial charge >= 0.3 is 0 Å². The molecule has 0 heterocycles. The molecule has 98 valence electrons. The van der Waals surface area contributed by atoms with E-state index in [4.69, 9.17) is 18.0 Å². The smallest absolute Gasteiger partial charge is 0.220 e. The summed E-state index contributed by atoms with van der Waals surface area (Å²) in [5.41, 5.74) is 6.31. The molecular weight excluding hydrogens is 251 g/mol. The van der Waals surface area contributed by atoms with Crippen molar-refractivity contribution in [1.29, 1.82) is 0 Å². The Bertz CT molecular complexity index is 460. The number of hydrogen-bond donors (Lipinski definition) is 2. The fourth-order valence-electron chi connectivity index (χ4n) is 1.48. The van der Waals surface area contributed by atoms with Crippen LogP contribution >= 0.6 is 12.2 Å². The van der Waals surface area contributed by atoms with Crippen molar-refractivity contribution in [2.45, 2.75) is 26.8 Å². The van der Waals surface area contributed by atoms with Crippen LogP contribution in [0.1, 0.15) is 31.4 Å². The lowest BCUT2D eigenvalue weighted by Crippen LogP contribution is -2.24. The van der Waals surface area contributed by atoms with Crippen molar-refractivity contribution >= 4 is 23.1 Å². The van der Waals surface area contributed by atoms with Gasteiger partial charge in [-0.05, 0) is 12.0 Å². The predicted octanol–water partition coefficient (Wildman–Crippen LogP) is 2.12. The fourth-order valence-corrected chi connectivity index (χ4v) is 1.61. The van der Waals surface area contributed by atoms with Crippen LogP contribution < -0.4 is 11.1 Å². The number of hydrogen-bond acceptors (Lipinski definition) is 2. The van der Waals surface area contributed by atoms with Crippen molar-refractivity contribution < 1.29 is 9.18 Å². The highest BCUT2D eigenvalue weighted by molar-refractivity contribution is 7.80. The van der Waals surface area contributed by atoms with Crippen LogP contribution in [0.25, 0.3) is 0 Å². The Hall–Kier alpha value is -1.49. The van der Waals surface area contributed by atoms with E-state index in [2.05, 4.69) is 5.32 Å². The molecule has 1 aromatic rings. The van der Waals surface area contributed by atoms with E-state index < -0.39 is 5.82 Å². The molecule has 0 atom stereocenters. The number of nitrogens with two attached hydrogens (primary N) is 1. The second-order valence-corrected chi connectivity index (χ2v) is 4.98. The van der Waals surface area contributed by atoms with Gasteiger partial charge in [-0.25, -0.2) is 4.39 Å². The molecule has 0 fully saturated rings. The molecule has 0 aliphatic rings. The van der Waals surface area contributed by atoms with E-state index in [0.29, 0.717) is 17.5 Å². The van der Waals surface area contributed by atoms with Crippen LogP contribution in [-0.2, 0) is 11.3 Å². The second kappa shape index (κ2) is 6.44. The first-order valence-electron chi connectivity index (χ1n) is 5.75. The number of amides is 1. The topological polar surface area (TPSA) is 55.1 Å². The summed E-state index contributed by atoms with van der Waals surface area (Å²) in [6.07, 6.45) is 0.437. The molecule has 0 bridgehead atoms. The zero-order chi connectivity index (χ0) is 13.7. The highest BCUT2D eigenvalue weighted by Crippen LogP contribution is 2.10. The fraction of sp³-hybridized carbons (Fsp3) is 0.385. The van der Waals surface area contributed by atoms with E-state index in [0.717, 1.165) is 0 Å². The lowest BCUT2D eigenvalue weighted by atomic mass is 10.1. The van der Waals surface area contributed by atoms with Gasteiger partial charge in [0.1, 0.15) is 10.8 Å². The van der Waals surface area contributed by atoms with Crippen molar-refractivity contribution in [3.8, 4) is 0 Å². The summed E-state index contributed by atoms with van der Waals surface area (Å²) in [4.78, 5) is 11.6. The molecule has 3 N–H and O–H groups in total. The van der Waals surface area contributed by atoms with Crippen LogP contribution in [0.4, 0.5) is 4.39 Å². The third-order valence-corrected chi connectivity index (χ3v) is 2.64. The lowest BCUT2D eigenvalue weighted by Gasteiger charge is -2.09. The van der Waals surface area contributed by atoms with Crippen LogP contribution in [0.2, 0.25) is 0 Å². The molecule has 18 heavy (non-hydrogen) atoms. The number of rotatable bonds is 5. The molecule has 3 nitrogen and oxygen atoms in total. The van der Waals surface area contributed by atoms with Gasteiger partial charge in [-0.1, -0.05) is 38.2 Å². The molecule has 1 amide bonds. The third-order valence-electron chi connectivity index (χ3n) is 2.41. The summed E-state index contributed by atoms with van der Waals surface area (Å²) < 4.78 is 13.7. The van der Waals surface area contributed by atoms with Gasteiger partial charge in [0.2, 0.25) is 5.91 Å². The molecule has 0 saturated heterocycles. The van der Waals surface area contributed by atoms with Gasteiger partial charge < -0.3 is 11.1 Å².